The number of allylic oxidation sites excluding steroid dienone is 3. The number of rotatable bonds is 4. The Labute approximate surface area is 77.4 Å². The van der Waals surface area contributed by atoms with Crippen molar-refractivity contribution in [3.63, 3.8) is 0 Å². The minimum Gasteiger partial charge on any atom is -0.102 e. The van der Waals surface area contributed by atoms with E-state index in [1.54, 1.807) is 0 Å². The van der Waals surface area contributed by atoms with Gasteiger partial charge in [-0.3, -0.25) is 0 Å². The Morgan fingerprint density at radius 3 is 2.25 bits per heavy atom. The van der Waals surface area contributed by atoms with Gasteiger partial charge < -0.3 is 0 Å². The zero-order valence-corrected chi connectivity index (χ0v) is 9.15. The predicted octanol–water partition coefficient (Wildman–Crippen LogP) is 4.19. The first-order valence-corrected chi connectivity index (χ1v) is 4.78. The van der Waals surface area contributed by atoms with Crippen molar-refractivity contribution in [2.75, 3.05) is 0 Å². The molecule has 0 heteroatoms. The third-order valence-electron chi connectivity index (χ3n) is 2.70. The summed E-state index contributed by atoms with van der Waals surface area (Å²) in [6.45, 7) is 15.0. The Morgan fingerprint density at radius 1 is 1.50 bits per heavy atom. The lowest BCUT2D eigenvalue weighted by molar-refractivity contribution is 0.521. The minimum atomic E-state index is 0.189. The molecule has 1 atom stereocenters. The predicted molar refractivity (Wildman–Crippen MR) is 57.2 cm³/mol. The van der Waals surface area contributed by atoms with Gasteiger partial charge in [-0.2, -0.15) is 0 Å². The molecule has 0 rings (SSSR count). The maximum atomic E-state index is 3.87. The number of hydrogen-bond acceptors (Lipinski definition) is 0. The molecule has 1 unspecified atom stereocenters. The largest absolute Gasteiger partial charge is 0.102 e. The summed E-state index contributed by atoms with van der Waals surface area (Å²) in [6.07, 6.45) is 5.50. The van der Waals surface area contributed by atoms with Crippen LogP contribution in [0.5, 0.6) is 0 Å². The lowest BCUT2D eigenvalue weighted by Gasteiger charge is -2.21. The van der Waals surface area contributed by atoms with E-state index in [2.05, 4.69) is 47.3 Å². The van der Waals surface area contributed by atoms with E-state index in [0.29, 0.717) is 5.92 Å². The number of hydrogen-bond donors (Lipinski definition) is 0. The molecule has 0 fully saturated rings. The van der Waals surface area contributed by atoms with Crippen molar-refractivity contribution in [1.29, 1.82) is 0 Å². The highest BCUT2D eigenvalue weighted by Crippen LogP contribution is 2.27. The highest BCUT2D eigenvalue weighted by molar-refractivity contribution is 5.13. The van der Waals surface area contributed by atoms with E-state index in [1.165, 1.54) is 5.57 Å². The van der Waals surface area contributed by atoms with Crippen LogP contribution in [0.15, 0.2) is 24.3 Å². The fraction of sp³-hybridized carbons (Fsp3) is 0.667. The summed E-state index contributed by atoms with van der Waals surface area (Å²) in [5.74, 6) is 0.649. The summed E-state index contributed by atoms with van der Waals surface area (Å²) in [7, 11) is 0. The molecule has 0 N–H and O–H groups in total. The molecule has 0 amide bonds. The smallest absolute Gasteiger partial charge is 0.00300 e. The summed E-state index contributed by atoms with van der Waals surface area (Å²) >= 11 is 0. The highest BCUT2D eigenvalue weighted by Gasteiger charge is 2.14. The van der Waals surface area contributed by atoms with Crippen LogP contribution in [-0.2, 0) is 0 Å². The molecule has 0 aliphatic heterocycles. The molecule has 0 saturated carbocycles. The molecule has 0 aliphatic carbocycles. The Kier molecular flexibility index (Phi) is 4.30. The molecule has 0 aromatic rings. The molecule has 0 aromatic carbocycles. The van der Waals surface area contributed by atoms with E-state index in [9.17, 15) is 0 Å². The fourth-order valence-electron chi connectivity index (χ4n) is 0.992. The van der Waals surface area contributed by atoms with Crippen LogP contribution in [0.25, 0.3) is 0 Å². The van der Waals surface area contributed by atoms with Gasteiger partial charge in [0.1, 0.15) is 0 Å². The first-order valence-electron chi connectivity index (χ1n) is 4.78. The normalized spacial score (nSPS) is 17.7. The van der Waals surface area contributed by atoms with Crippen molar-refractivity contribution in [1.82, 2.24) is 0 Å². The van der Waals surface area contributed by atoms with Gasteiger partial charge in [0.2, 0.25) is 0 Å². The molecule has 0 aromatic heterocycles. The minimum absolute atomic E-state index is 0.189. The van der Waals surface area contributed by atoms with Gasteiger partial charge in [0.05, 0.1) is 0 Å². The van der Waals surface area contributed by atoms with Crippen LogP contribution in [0.2, 0.25) is 0 Å². The molecule has 0 radical (unpaired) electrons. The van der Waals surface area contributed by atoms with Gasteiger partial charge in [-0.25, -0.2) is 0 Å². The molecule has 0 bridgehead atoms. The first kappa shape index (κ1) is 11.5. The molecule has 0 aliphatic rings. The summed E-state index contributed by atoms with van der Waals surface area (Å²) < 4.78 is 0. The van der Waals surface area contributed by atoms with Crippen molar-refractivity contribution in [2.45, 2.75) is 41.0 Å². The van der Waals surface area contributed by atoms with E-state index in [-0.39, 0.29) is 5.41 Å². The van der Waals surface area contributed by atoms with Crippen LogP contribution >= 0.6 is 0 Å². The quantitative estimate of drug-likeness (QED) is 0.549. The Balaban J connectivity index is 4.57. The van der Waals surface area contributed by atoms with Gasteiger partial charge in [-0.15, -0.1) is 6.58 Å². The van der Waals surface area contributed by atoms with Gasteiger partial charge >= 0.3 is 0 Å². The van der Waals surface area contributed by atoms with Crippen molar-refractivity contribution in [3.05, 3.63) is 24.3 Å². The Hall–Kier alpha value is -0.520. The van der Waals surface area contributed by atoms with E-state index in [1.807, 2.05) is 6.08 Å². The average Bonchev–Trinajstić information content (AvgIpc) is 2.04. The first-order chi connectivity index (χ1) is 5.45. The molecule has 0 saturated heterocycles. The molecular weight excluding hydrogens is 144 g/mol. The molecule has 70 valence electrons. The van der Waals surface area contributed by atoms with E-state index in [4.69, 9.17) is 0 Å². The fourth-order valence-corrected chi connectivity index (χ4v) is 0.992. The maximum Gasteiger partial charge on any atom is 0.00300 e. The van der Waals surface area contributed by atoms with E-state index >= 15 is 0 Å². The van der Waals surface area contributed by atoms with Crippen LogP contribution in [0.4, 0.5) is 0 Å². The molecule has 0 nitrogen and oxygen atoms in total. The van der Waals surface area contributed by atoms with Crippen LogP contribution in [-0.4, -0.2) is 0 Å². The summed E-state index contributed by atoms with van der Waals surface area (Å²) in [5.41, 5.74) is 1.65. The van der Waals surface area contributed by atoms with Gasteiger partial charge in [-0.1, -0.05) is 45.4 Å². The third-order valence-corrected chi connectivity index (χ3v) is 2.70. The SMILES string of the molecule is C=CC(C)(C=C(C)C(C)C)CC. The molecule has 0 spiro atoms. The van der Waals surface area contributed by atoms with Gasteiger partial charge in [0.15, 0.2) is 0 Å². The standard InChI is InChI=1S/C12H22/c1-7-12(6,8-2)9-11(5)10(3)4/h7,9-10H,1,8H2,2-6H3. The van der Waals surface area contributed by atoms with Crippen molar-refractivity contribution >= 4 is 0 Å². The molecule has 0 heterocycles. The highest BCUT2D eigenvalue weighted by atomic mass is 14.2. The second-order valence-corrected chi connectivity index (χ2v) is 4.11. The van der Waals surface area contributed by atoms with Crippen molar-refractivity contribution in [3.8, 4) is 0 Å². The van der Waals surface area contributed by atoms with E-state index < -0.39 is 0 Å². The topological polar surface area (TPSA) is 0 Å². The lowest BCUT2D eigenvalue weighted by atomic mass is 9.84. The van der Waals surface area contributed by atoms with Crippen LogP contribution < -0.4 is 0 Å². The zero-order chi connectivity index (χ0) is 9.78. The molecule has 12 heavy (non-hydrogen) atoms. The second-order valence-electron chi connectivity index (χ2n) is 4.11. The summed E-state index contributed by atoms with van der Waals surface area (Å²) in [5, 5.41) is 0. The van der Waals surface area contributed by atoms with Gasteiger partial charge in [0, 0.05) is 5.41 Å². The van der Waals surface area contributed by atoms with Crippen molar-refractivity contribution in [2.24, 2.45) is 11.3 Å². The Bertz CT molecular complexity index is 174. The zero-order valence-electron chi connectivity index (χ0n) is 9.15. The maximum absolute atomic E-state index is 3.87. The van der Waals surface area contributed by atoms with Crippen molar-refractivity contribution < 1.29 is 0 Å². The third kappa shape index (κ3) is 3.25. The van der Waals surface area contributed by atoms with E-state index in [0.717, 1.165) is 6.42 Å². The summed E-state index contributed by atoms with van der Waals surface area (Å²) in [4.78, 5) is 0. The average molecular weight is 166 g/mol. The second kappa shape index (κ2) is 4.49. The monoisotopic (exact) mass is 166 g/mol. The lowest BCUT2D eigenvalue weighted by Crippen LogP contribution is -2.09. The van der Waals surface area contributed by atoms with Crippen LogP contribution in [0.1, 0.15) is 41.0 Å². The van der Waals surface area contributed by atoms with Gasteiger partial charge in [0.25, 0.3) is 0 Å². The van der Waals surface area contributed by atoms with Crippen LogP contribution in [0.3, 0.4) is 0 Å². The Morgan fingerprint density at radius 2 is 2.00 bits per heavy atom. The molecular formula is C12H22. The van der Waals surface area contributed by atoms with Crippen LogP contribution in [0, 0.1) is 11.3 Å². The van der Waals surface area contributed by atoms with Gasteiger partial charge in [-0.05, 0) is 19.3 Å². The summed E-state index contributed by atoms with van der Waals surface area (Å²) in [6, 6.07) is 0.